The largest absolute Gasteiger partial charge is 0.358 e. The summed E-state index contributed by atoms with van der Waals surface area (Å²) in [5.74, 6) is 0. The Labute approximate surface area is 244 Å². The van der Waals surface area contributed by atoms with E-state index in [1.54, 1.807) is 11.3 Å². The third-order valence-electron chi connectivity index (χ3n) is 7.07. The second-order valence-electron chi connectivity index (χ2n) is 10.1. The molecular formula is C35H31N5S. The molecule has 5 nitrogen and oxygen atoms in total. The van der Waals surface area contributed by atoms with Gasteiger partial charge in [0.05, 0.1) is 23.1 Å². The van der Waals surface area contributed by atoms with Gasteiger partial charge in [0.15, 0.2) is 0 Å². The maximum Gasteiger partial charge on any atom is 0.116 e. The second kappa shape index (κ2) is 11.3. The Hall–Kier alpha value is -4.94. The standard InChI is InChI=1S/C35H31N5S/c1-5-9-29(34-15-12-23(3)41-34)30-19-33(38-24(30)4)35-31-18-26(13-14-32(31)39-40-35)27-17-28(21-36-20-27)37-22(2)16-25-10-7-6-8-11-25/h5-15,17-21,37-38H,1-2,16H2,3-4H3,(H,39,40)/b29-9+. The topological polar surface area (TPSA) is 69.4 Å². The van der Waals surface area contributed by atoms with Crippen LogP contribution in [0.25, 0.3) is 39.0 Å². The molecule has 0 saturated heterocycles. The summed E-state index contributed by atoms with van der Waals surface area (Å²) in [4.78, 5) is 10.6. The summed E-state index contributed by atoms with van der Waals surface area (Å²) in [6.45, 7) is 12.4. The molecular weight excluding hydrogens is 522 g/mol. The first-order chi connectivity index (χ1) is 20.0. The molecule has 0 atom stereocenters. The highest BCUT2D eigenvalue weighted by Crippen LogP contribution is 2.36. The molecule has 6 heteroatoms. The minimum Gasteiger partial charge on any atom is -0.358 e. The van der Waals surface area contributed by atoms with E-state index < -0.39 is 0 Å². The predicted molar refractivity (Wildman–Crippen MR) is 173 cm³/mol. The fourth-order valence-electron chi connectivity index (χ4n) is 5.12. The summed E-state index contributed by atoms with van der Waals surface area (Å²) < 4.78 is 0. The van der Waals surface area contributed by atoms with Crippen LogP contribution in [0.3, 0.4) is 0 Å². The van der Waals surface area contributed by atoms with Gasteiger partial charge in [-0.25, -0.2) is 0 Å². The number of pyridine rings is 1. The van der Waals surface area contributed by atoms with Crippen LogP contribution in [-0.4, -0.2) is 20.2 Å². The first kappa shape index (κ1) is 26.3. The number of hydrogen-bond donors (Lipinski definition) is 3. The molecule has 0 unspecified atom stereocenters. The lowest BCUT2D eigenvalue weighted by Gasteiger charge is -2.11. The van der Waals surface area contributed by atoms with E-state index in [4.69, 9.17) is 5.10 Å². The Morgan fingerprint density at radius 3 is 2.61 bits per heavy atom. The smallest absolute Gasteiger partial charge is 0.116 e. The Morgan fingerprint density at radius 1 is 0.976 bits per heavy atom. The van der Waals surface area contributed by atoms with E-state index in [0.717, 1.165) is 68.1 Å². The number of aromatic amines is 2. The molecule has 0 aliphatic carbocycles. The SMILES string of the molecule is C=C/C=C(/c1ccc(C)s1)c1cc(-c2n[nH]c3ccc(-c4cncc(NC(=C)Cc5ccccc5)c4)cc23)[nH]c1C. The molecule has 41 heavy (non-hydrogen) atoms. The highest BCUT2D eigenvalue weighted by atomic mass is 32.1. The van der Waals surface area contributed by atoms with Crippen molar-refractivity contribution in [2.24, 2.45) is 0 Å². The Morgan fingerprint density at radius 2 is 1.83 bits per heavy atom. The molecule has 0 bridgehead atoms. The Bertz CT molecular complexity index is 1900. The van der Waals surface area contributed by atoms with Gasteiger partial charge < -0.3 is 10.3 Å². The van der Waals surface area contributed by atoms with Crippen LogP contribution in [0.15, 0.2) is 116 Å². The van der Waals surface area contributed by atoms with Crippen LogP contribution in [0.4, 0.5) is 5.69 Å². The molecule has 2 aromatic carbocycles. The minimum absolute atomic E-state index is 0.753. The predicted octanol–water partition coefficient (Wildman–Crippen LogP) is 9.08. The van der Waals surface area contributed by atoms with Crippen LogP contribution in [0.2, 0.25) is 0 Å². The van der Waals surface area contributed by atoms with E-state index in [2.05, 4.69) is 108 Å². The molecule has 4 heterocycles. The van der Waals surface area contributed by atoms with Gasteiger partial charge in [0.25, 0.3) is 0 Å². The summed E-state index contributed by atoms with van der Waals surface area (Å²) in [5.41, 5.74) is 11.3. The van der Waals surface area contributed by atoms with Gasteiger partial charge in [-0.05, 0) is 61.4 Å². The highest BCUT2D eigenvalue weighted by Gasteiger charge is 2.17. The zero-order valence-electron chi connectivity index (χ0n) is 23.2. The molecule has 0 fully saturated rings. The van der Waals surface area contributed by atoms with Crippen molar-refractivity contribution in [1.29, 1.82) is 0 Å². The molecule has 0 saturated carbocycles. The molecule has 0 spiro atoms. The summed E-state index contributed by atoms with van der Waals surface area (Å²) >= 11 is 1.78. The van der Waals surface area contributed by atoms with E-state index >= 15 is 0 Å². The quantitative estimate of drug-likeness (QED) is 0.156. The van der Waals surface area contributed by atoms with E-state index in [9.17, 15) is 0 Å². The third-order valence-corrected chi connectivity index (χ3v) is 8.10. The lowest BCUT2D eigenvalue weighted by atomic mass is 10.0. The van der Waals surface area contributed by atoms with Gasteiger partial charge in [0.1, 0.15) is 5.69 Å². The maximum atomic E-state index is 4.70. The van der Waals surface area contributed by atoms with Crippen LogP contribution < -0.4 is 5.32 Å². The zero-order valence-corrected chi connectivity index (χ0v) is 24.0. The van der Waals surface area contributed by atoms with Crippen molar-refractivity contribution < 1.29 is 0 Å². The number of aryl methyl sites for hydroxylation is 2. The molecule has 202 valence electrons. The normalized spacial score (nSPS) is 11.6. The summed E-state index contributed by atoms with van der Waals surface area (Å²) in [6, 6.07) is 25.3. The fraction of sp³-hybridized carbons (Fsp3) is 0.0857. The van der Waals surface area contributed by atoms with Gasteiger partial charge in [0.2, 0.25) is 0 Å². The first-order valence-electron chi connectivity index (χ1n) is 13.5. The number of H-pyrrole nitrogens is 2. The van der Waals surface area contributed by atoms with E-state index in [1.807, 2.05) is 36.7 Å². The average molecular weight is 554 g/mol. The van der Waals surface area contributed by atoms with Crippen LogP contribution in [-0.2, 0) is 6.42 Å². The van der Waals surface area contributed by atoms with Crippen LogP contribution in [0, 0.1) is 13.8 Å². The second-order valence-corrected chi connectivity index (χ2v) is 11.4. The zero-order chi connectivity index (χ0) is 28.3. The van der Waals surface area contributed by atoms with Gasteiger partial charge in [-0.15, -0.1) is 11.3 Å². The van der Waals surface area contributed by atoms with Gasteiger partial charge in [-0.1, -0.05) is 61.7 Å². The van der Waals surface area contributed by atoms with Crippen molar-refractivity contribution in [3.05, 3.63) is 143 Å². The molecule has 3 N–H and O–H groups in total. The number of anilines is 1. The molecule has 0 aliphatic heterocycles. The van der Waals surface area contributed by atoms with Gasteiger partial charge in [-0.2, -0.15) is 5.10 Å². The van der Waals surface area contributed by atoms with Gasteiger partial charge in [0, 0.05) is 55.8 Å². The minimum atomic E-state index is 0.753. The van der Waals surface area contributed by atoms with E-state index in [0.29, 0.717) is 0 Å². The number of benzene rings is 2. The highest BCUT2D eigenvalue weighted by molar-refractivity contribution is 7.13. The van der Waals surface area contributed by atoms with Crippen LogP contribution in [0.1, 0.15) is 26.6 Å². The fourth-order valence-corrected chi connectivity index (χ4v) is 6.03. The lowest BCUT2D eigenvalue weighted by Crippen LogP contribution is -2.02. The molecule has 6 aromatic rings. The van der Waals surface area contributed by atoms with E-state index in [-0.39, 0.29) is 0 Å². The van der Waals surface area contributed by atoms with Crippen molar-refractivity contribution in [2.75, 3.05) is 5.32 Å². The van der Waals surface area contributed by atoms with Crippen LogP contribution >= 0.6 is 11.3 Å². The molecule has 0 amide bonds. The number of nitrogens with one attached hydrogen (secondary N) is 3. The van der Waals surface area contributed by atoms with Crippen molar-refractivity contribution in [3.63, 3.8) is 0 Å². The van der Waals surface area contributed by atoms with Crippen molar-refractivity contribution in [2.45, 2.75) is 20.3 Å². The lowest BCUT2D eigenvalue weighted by molar-refractivity contribution is 1.11. The first-order valence-corrected chi connectivity index (χ1v) is 14.3. The number of nitrogens with zero attached hydrogens (tertiary/aromatic N) is 2. The number of hydrogen-bond acceptors (Lipinski definition) is 4. The van der Waals surface area contributed by atoms with Crippen molar-refractivity contribution in [1.82, 2.24) is 20.2 Å². The van der Waals surface area contributed by atoms with Crippen molar-refractivity contribution in [3.8, 4) is 22.5 Å². The average Bonchev–Trinajstić information content (AvgIpc) is 3.70. The Balaban J connectivity index is 1.30. The van der Waals surface area contributed by atoms with E-state index in [1.165, 1.54) is 15.3 Å². The number of fused-ring (bicyclic) bond motifs is 1. The summed E-state index contributed by atoms with van der Waals surface area (Å²) in [5, 5.41) is 12.4. The van der Waals surface area contributed by atoms with Crippen molar-refractivity contribution >= 4 is 33.5 Å². The monoisotopic (exact) mass is 553 g/mol. The number of allylic oxidation sites excluding steroid dienone is 3. The summed E-state index contributed by atoms with van der Waals surface area (Å²) in [7, 11) is 0. The van der Waals surface area contributed by atoms with Gasteiger partial charge >= 0.3 is 0 Å². The number of aromatic nitrogens is 4. The number of rotatable bonds is 9. The third kappa shape index (κ3) is 5.55. The maximum absolute atomic E-state index is 4.70. The molecule has 6 rings (SSSR count). The summed E-state index contributed by atoms with van der Waals surface area (Å²) in [6.07, 6.45) is 8.39. The Kier molecular flexibility index (Phi) is 7.23. The van der Waals surface area contributed by atoms with Crippen LogP contribution in [0.5, 0.6) is 0 Å². The molecule has 0 radical (unpaired) electrons. The van der Waals surface area contributed by atoms with Gasteiger partial charge in [-0.3, -0.25) is 10.1 Å². The number of thiophene rings is 1. The molecule has 4 aromatic heterocycles. The molecule has 0 aliphatic rings.